The highest BCUT2D eigenvalue weighted by molar-refractivity contribution is 4.51. The molecule has 0 amide bonds. The van der Waals surface area contributed by atoms with Crippen LogP contribution in [0.3, 0.4) is 0 Å². The maximum Gasteiger partial charge on any atom is 0.0104 e. The number of unbranched alkanes of at least 4 members (excludes halogenated alkanes) is 1. The van der Waals surface area contributed by atoms with Crippen molar-refractivity contribution in [3.8, 4) is 0 Å². The molecule has 0 saturated heterocycles. The van der Waals surface area contributed by atoms with Crippen molar-refractivity contribution in [2.45, 2.75) is 33.6 Å². The molecule has 0 spiro atoms. The number of rotatable bonds is 6. The van der Waals surface area contributed by atoms with E-state index >= 15 is 0 Å². The maximum atomic E-state index is 3.13. The normalized spacial score (nSPS) is 9.50. The molecule has 2 nitrogen and oxygen atoms in total. The summed E-state index contributed by atoms with van der Waals surface area (Å²) in [5.74, 6) is 0. The highest BCUT2D eigenvalue weighted by Crippen LogP contribution is 1.89. The Labute approximate surface area is 78.3 Å². The first-order valence-corrected chi connectivity index (χ1v) is 5.14. The Balaban J connectivity index is 0. The molecule has 0 radical (unpaired) electrons. The second-order valence-corrected chi connectivity index (χ2v) is 2.76. The van der Waals surface area contributed by atoms with Gasteiger partial charge in [-0.3, -0.25) is 0 Å². The zero-order valence-corrected chi connectivity index (χ0v) is 9.48. The van der Waals surface area contributed by atoms with Gasteiger partial charge in [-0.1, -0.05) is 27.2 Å². The highest BCUT2D eigenvalue weighted by atomic mass is 15.1. The van der Waals surface area contributed by atoms with E-state index in [0.717, 1.165) is 13.1 Å². The molecule has 12 heavy (non-hydrogen) atoms. The van der Waals surface area contributed by atoms with Gasteiger partial charge in [0.05, 0.1) is 0 Å². The standard InChI is InChI=1S/C8H20N2.C2H6/c1-4-5-7-10(3)8-6-9-2;1-2/h9H,4-8H2,1-3H3;1-2H3. The third-order valence-electron chi connectivity index (χ3n) is 1.64. The molecule has 0 rings (SSSR count). The Morgan fingerprint density at radius 1 is 1.17 bits per heavy atom. The van der Waals surface area contributed by atoms with Crippen molar-refractivity contribution in [3.63, 3.8) is 0 Å². The molecule has 0 bridgehead atoms. The molecule has 2 heteroatoms. The summed E-state index contributed by atoms with van der Waals surface area (Å²) in [6.45, 7) is 9.72. The van der Waals surface area contributed by atoms with E-state index in [2.05, 4.69) is 24.2 Å². The first-order valence-electron chi connectivity index (χ1n) is 5.14. The van der Waals surface area contributed by atoms with Gasteiger partial charge in [0.1, 0.15) is 0 Å². The van der Waals surface area contributed by atoms with Crippen LogP contribution in [0.5, 0.6) is 0 Å². The molecule has 0 aromatic carbocycles. The topological polar surface area (TPSA) is 15.3 Å². The quantitative estimate of drug-likeness (QED) is 0.662. The lowest BCUT2D eigenvalue weighted by molar-refractivity contribution is 0.329. The van der Waals surface area contributed by atoms with Gasteiger partial charge in [-0.15, -0.1) is 0 Å². The molecule has 0 aliphatic rings. The summed E-state index contributed by atoms with van der Waals surface area (Å²) in [4.78, 5) is 2.36. The van der Waals surface area contributed by atoms with E-state index in [1.165, 1.54) is 19.4 Å². The Morgan fingerprint density at radius 3 is 2.17 bits per heavy atom. The summed E-state index contributed by atoms with van der Waals surface area (Å²) in [5, 5.41) is 3.13. The number of hydrogen-bond donors (Lipinski definition) is 1. The number of nitrogens with one attached hydrogen (secondary N) is 1. The number of hydrogen-bond acceptors (Lipinski definition) is 2. The minimum atomic E-state index is 1.10. The predicted molar refractivity (Wildman–Crippen MR) is 57.7 cm³/mol. The SMILES string of the molecule is CC.CCCCN(C)CCNC. The van der Waals surface area contributed by atoms with Gasteiger partial charge < -0.3 is 10.2 Å². The van der Waals surface area contributed by atoms with Gasteiger partial charge in [0, 0.05) is 13.1 Å². The van der Waals surface area contributed by atoms with Gasteiger partial charge in [-0.2, -0.15) is 0 Å². The summed E-state index contributed by atoms with van der Waals surface area (Å²) in [5.41, 5.74) is 0. The molecule has 0 fully saturated rings. The van der Waals surface area contributed by atoms with Crippen LogP contribution in [0, 0.1) is 0 Å². The molecule has 0 aromatic rings. The van der Waals surface area contributed by atoms with Crippen LogP contribution < -0.4 is 5.32 Å². The molecule has 0 aromatic heterocycles. The number of nitrogens with zero attached hydrogens (tertiary/aromatic N) is 1. The Kier molecular flexibility index (Phi) is 16.3. The smallest absolute Gasteiger partial charge is 0.0104 e. The summed E-state index contributed by atoms with van der Waals surface area (Å²) in [6, 6.07) is 0. The third kappa shape index (κ3) is 12.6. The molecule has 0 saturated carbocycles. The van der Waals surface area contributed by atoms with Crippen LogP contribution in [0.25, 0.3) is 0 Å². The molecule has 76 valence electrons. The van der Waals surface area contributed by atoms with E-state index in [-0.39, 0.29) is 0 Å². The van der Waals surface area contributed by atoms with Gasteiger partial charge >= 0.3 is 0 Å². The van der Waals surface area contributed by atoms with Gasteiger partial charge in [-0.05, 0) is 27.1 Å². The largest absolute Gasteiger partial charge is 0.318 e. The first kappa shape index (κ1) is 14.4. The zero-order valence-electron chi connectivity index (χ0n) is 9.48. The second-order valence-electron chi connectivity index (χ2n) is 2.76. The summed E-state index contributed by atoms with van der Waals surface area (Å²) >= 11 is 0. The maximum absolute atomic E-state index is 3.13. The van der Waals surface area contributed by atoms with E-state index in [4.69, 9.17) is 0 Å². The second kappa shape index (κ2) is 13.5. The van der Waals surface area contributed by atoms with E-state index in [9.17, 15) is 0 Å². The average molecular weight is 174 g/mol. The van der Waals surface area contributed by atoms with E-state index in [1.54, 1.807) is 0 Å². The average Bonchev–Trinajstić information content (AvgIpc) is 2.14. The molecular weight excluding hydrogens is 148 g/mol. The van der Waals surface area contributed by atoms with E-state index in [1.807, 2.05) is 20.9 Å². The lowest BCUT2D eigenvalue weighted by atomic mass is 10.3. The summed E-state index contributed by atoms with van der Waals surface area (Å²) < 4.78 is 0. The first-order chi connectivity index (χ1) is 5.81. The van der Waals surface area contributed by atoms with Crippen LogP contribution in [0.4, 0.5) is 0 Å². The van der Waals surface area contributed by atoms with Gasteiger partial charge in [0.15, 0.2) is 0 Å². The fourth-order valence-corrected chi connectivity index (χ4v) is 0.842. The van der Waals surface area contributed by atoms with E-state index < -0.39 is 0 Å². The van der Waals surface area contributed by atoms with Crippen molar-refractivity contribution < 1.29 is 0 Å². The lowest BCUT2D eigenvalue weighted by Gasteiger charge is -2.14. The predicted octanol–water partition coefficient (Wildman–Crippen LogP) is 1.96. The van der Waals surface area contributed by atoms with Gasteiger partial charge in [0.25, 0.3) is 0 Å². The van der Waals surface area contributed by atoms with Crippen LogP contribution in [-0.4, -0.2) is 38.6 Å². The van der Waals surface area contributed by atoms with E-state index in [0.29, 0.717) is 0 Å². The summed E-state index contributed by atoms with van der Waals surface area (Å²) in [7, 11) is 4.17. The van der Waals surface area contributed by atoms with Crippen molar-refractivity contribution in [2.75, 3.05) is 33.7 Å². The molecule has 0 aliphatic carbocycles. The molecule has 0 heterocycles. The molecule has 0 unspecified atom stereocenters. The van der Waals surface area contributed by atoms with Gasteiger partial charge in [-0.25, -0.2) is 0 Å². The lowest BCUT2D eigenvalue weighted by Crippen LogP contribution is -2.28. The highest BCUT2D eigenvalue weighted by Gasteiger charge is 1.93. The minimum Gasteiger partial charge on any atom is -0.318 e. The Hall–Kier alpha value is -0.0800. The van der Waals surface area contributed by atoms with Crippen LogP contribution in [0.1, 0.15) is 33.6 Å². The summed E-state index contributed by atoms with van der Waals surface area (Å²) in [6.07, 6.45) is 2.62. The van der Waals surface area contributed by atoms with Crippen molar-refractivity contribution in [2.24, 2.45) is 0 Å². The van der Waals surface area contributed by atoms with Gasteiger partial charge in [0.2, 0.25) is 0 Å². The third-order valence-corrected chi connectivity index (χ3v) is 1.64. The fourth-order valence-electron chi connectivity index (χ4n) is 0.842. The fraction of sp³-hybridized carbons (Fsp3) is 1.00. The Morgan fingerprint density at radius 2 is 1.75 bits per heavy atom. The number of likely N-dealkylation sites (N-methyl/N-ethyl adjacent to an activating group) is 2. The van der Waals surface area contributed by atoms with Crippen molar-refractivity contribution >= 4 is 0 Å². The molecule has 0 atom stereocenters. The molecular formula is C10H26N2. The minimum absolute atomic E-state index is 1.10. The van der Waals surface area contributed by atoms with Crippen LogP contribution in [-0.2, 0) is 0 Å². The Bertz CT molecular complexity index is 56.9. The monoisotopic (exact) mass is 174 g/mol. The van der Waals surface area contributed by atoms with Crippen molar-refractivity contribution in [3.05, 3.63) is 0 Å². The van der Waals surface area contributed by atoms with Crippen LogP contribution >= 0.6 is 0 Å². The molecule has 0 aliphatic heterocycles. The van der Waals surface area contributed by atoms with Crippen LogP contribution in [0.15, 0.2) is 0 Å². The zero-order chi connectivity index (χ0) is 9.82. The van der Waals surface area contributed by atoms with Crippen molar-refractivity contribution in [1.29, 1.82) is 0 Å². The van der Waals surface area contributed by atoms with Crippen LogP contribution in [0.2, 0.25) is 0 Å². The molecule has 1 N–H and O–H groups in total. The van der Waals surface area contributed by atoms with Crippen molar-refractivity contribution in [1.82, 2.24) is 10.2 Å².